The normalized spacial score (nSPS) is 16.5. The fourth-order valence-electron chi connectivity index (χ4n) is 5.87. The van der Waals surface area contributed by atoms with E-state index in [1.165, 1.54) is 12.5 Å². The number of aromatic nitrogens is 2. The third-order valence-electron chi connectivity index (χ3n) is 8.15. The number of hydrogen-bond acceptors (Lipinski definition) is 9. The van der Waals surface area contributed by atoms with Crippen molar-refractivity contribution in [1.82, 2.24) is 15.3 Å². The third kappa shape index (κ3) is 10.0. The Hall–Kier alpha value is -2.97. The molecule has 1 atom stereocenters. The van der Waals surface area contributed by atoms with E-state index >= 15 is 0 Å². The number of nitrogens with zero attached hydrogens (tertiary/aromatic N) is 3. The Morgan fingerprint density at radius 2 is 1.36 bits per heavy atom. The monoisotopic (exact) mass is 698 g/mol. The Morgan fingerprint density at radius 1 is 0.867 bits per heavy atom. The van der Waals surface area contributed by atoms with Crippen LogP contribution in [0.2, 0.25) is 5.15 Å². The van der Waals surface area contributed by atoms with Gasteiger partial charge in [0.15, 0.2) is 42.2 Å². The maximum absolute atomic E-state index is 13.1. The first-order valence-electron chi connectivity index (χ1n) is 14.5. The molecule has 45 heavy (non-hydrogen) atoms. The second-order valence-electron chi connectivity index (χ2n) is 11.7. The number of sulfone groups is 2. The number of anilines is 2. The van der Waals surface area contributed by atoms with Gasteiger partial charge in [0, 0.05) is 25.4 Å². The number of halogens is 2. The molecule has 1 aliphatic heterocycles. The summed E-state index contributed by atoms with van der Waals surface area (Å²) in [5, 5.41) is 3.01. The number of rotatable bonds is 12. The van der Waals surface area contributed by atoms with Crippen LogP contribution in [0.25, 0.3) is 0 Å². The Labute approximate surface area is 276 Å². The first-order chi connectivity index (χ1) is 20.6. The highest BCUT2D eigenvalue weighted by molar-refractivity contribution is 7.91. The molecule has 1 amide bonds. The van der Waals surface area contributed by atoms with Crippen molar-refractivity contribution in [2.75, 3.05) is 50.2 Å². The molecule has 2 aromatic carbocycles. The van der Waals surface area contributed by atoms with Crippen LogP contribution in [0.4, 0.5) is 11.6 Å². The lowest BCUT2D eigenvalue weighted by molar-refractivity contribution is -0.933. The van der Waals surface area contributed by atoms with Gasteiger partial charge in [-0.3, -0.25) is 4.79 Å². The van der Waals surface area contributed by atoms with E-state index in [1.54, 1.807) is 24.3 Å². The standard InChI is InChI=1S/C30H39ClN6O5S2.ClH/c1-43(39,40)24-13-9-21(10-14-24)6-3-17-37(18-4-7-22-11-15-25(16-12-22)44(2,41)42)19-5-8-23(20-37)34-30(38)26-28(32)36-29(33)27(31)35-26;/h9-16,23H,3-8,17-20H2,1-2H3,(H4-,32,33,34,36,38);1H/t23-;/m0./s1. The Kier molecular flexibility index (Phi) is 12.2. The predicted molar refractivity (Wildman–Crippen MR) is 172 cm³/mol. The van der Waals surface area contributed by atoms with Crippen LogP contribution >= 0.6 is 11.6 Å². The second kappa shape index (κ2) is 15.1. The topological polar surface area (TPSA) is 175 Å². The SMILES string of the molecule is CS(=O)(=O)c1ccc(CCC[N+]2(CCCc3ccc(S(C)(=O)=O)cc3)CCC[C@H](NC(=O)c3nc(Cl)c(N)nc3N)C2)cc1.[Cl-]. The largest absolute Gasteiger partial charge is 1.00 e. The van der Waals surface area contributed by atoms with Crippen molar-refractivity contribution in [1.29, 1.82) is 0 Å². The highest BCUT2D eigenvalue weighted by Crippen LogP contribution is 2.24. The van der Waals surface area contributed by atoms with Crippen LogP contribution in [-0.2, 0) is 32.5 Å². The van der Waals surface area contributed by atoms with Gasteiger partial charge in [-0.25, -0.2) is 26.8 Å². The lowest BCUT2D eigenvalue weighted by Crippen LogP contribution is -3.00. The number of aryl methyl sites for hydroxylation is 2. The summed E-state index contributed by atoms with van der Waals surface area (Å²) in [7, 11) is -6.50. The minimum absolute atomic E-state index is 0. The van der Waals surface area contributed by atoms with Crippen molar-refractivity contribution >= 4 is 48.8 Å². The van der Waals surface area contributed by atoms with Crippen LogP contribution in [0.15, 0.2) is 58.3 Å². The molecule has 0 saturated carbocycles. The van der Waals surface area contributed by atoms with Gasteiger partial charge in [-0.1, -0.05) is 35.9 Å². The Bertz CT molecular complexity index is 1620. The number of amides is 1. The minimum Gasteiger partial charge on any atom is -1.00 e. The van der Waals surface area contributed by atoms with E-state index in [4.69, 9.17) is 23.1 Å². The summed E-state index contributed by atoms with van der Waals surface area (Å²) in [6.07, 6.45) is 7.48. The summed E-state index contributed by atoms with van der Waals surface area (Å²) in [4.78, 5) is 21.7. The lowest BCUT2D eigenvalue weighted by atomic mass is 9.99. The molecule has 3 aromatic rings. The Morgan fingerprint density at radius 3 is 1.82 bits per heavy atom. The number of benzene rings is 2. The first kappa shape index (κ1) is 36.5. The van der Waals surface area contributed by atoms with Gasteiger partial charge in [0.1, 0.15) is 0 Å². The van der Waals surface area contributed by atoms with Gasteiger partial charge < -0.3 is 33.7 Å². The van der Waals surface area contributed by atoms with Crippen LogP contribution in [0.5, 0.6) is 0 Å². The summed E-state index contributed by atoms with van der Waals surface area (Å²) < 4.78 is 48.1. The van der Waals surface area contributed by atoms with Gasteiger partial charge in [0.2, 0.25) is 0 Å². The summed E-state index contributed by atoms with van der Waals surface area (Å²) in [6, 6.07) is 13.9. The molecule has 4 rings (SSSR count). The summed E-state index contributed by atoms with van der Waals surface area (Å²) >= 11 is 6.00. The van der Waals surface area contributed by atoms with Crippen LogP contribution in [-0.4, -0.2) is 81.9 Å². The van der Waals surface area contributed by atoms with Gasteiger partial charge in [-0.15, -0.1) is 0 Å². The van der Waals surface area contributed by atoms with E-state index in [0.717, 1.165) is 80.3 Å². The van der Waals surface area contributed by atoms with Gasteiger partial charge in [-0.2, -0.15) is 0 Å². The molecule has 0 spiro atoms. The van der Waals surface area contributed by atoms with Crippen molar-refractivity contribution in [2.45, 2.75) is 54.4 Å². The average Bonchev–Trinajstić information content (AvgIpc) is 2.95. The molecule has 1 saturated heterocycles. The smallest absolute Gasteiger partial charge is 0.274 e. The molecule has 246 valence electrons. The maximum atomic E-state index is 13.1. The predicted octanol–water partition coefficient (Wildman–Crippen LogP) is 0.0800. The second-order valence-corrected chi connectivity index (χ2v) is 16.1. The number of quaternary nitrogens is 1. The number of nitrogens with two attached hydrogens (primary N) is 2. The molecule has 0 aliphatic carbocycles. The molecule has 15 heteroatoms. The average molecular weight is 700 g/mol. The van der Waals surface area contributed by atoms with Crippen molar-refractivity contribution in [3.8, 4) is 0 Å². The molecular weight excluding hydrogens is 659 g/mol. The molecule has 5 N–H and O–H groups in total. The minimum atomic E-state index is -3.25. The molecule has 0 unspecified atom stereocenters. The molecule has 0 bridgehead atoms. The summed E-state index contributed by atoms with van der Waals surface area (Å²) in [5.41, 5.74) is 13.7. The molecular formula is C30H40Cl2N6O5S2. The summed E-state index contributed by atoms with van der Waals surface area (Å²) in [5.74, 6) is -0.561. The molecule has 1 aromatic heterocycles. The fourth-order valence-corrected chi connectivity index (χ4v) is 7.25. The van der Waals surface area contributed by atoms with E-state index in [0.29, 0.717) is 9.79 Å². The third-order valence-corrected chi connectivity index (χ3v) is 10.7. The van der Waals surface area contributed by atoms with Crippen molar-refractivity contribution in [2.24, 2.45) is 0 Å². The van der Waals surface area contributed by atoms with Gasteiger partial charge >= 0.3 is 0 Å². The lowest BCUT2D eigenvalue weighted by Gasteiger charge is -2.45. The van der Waals surface area contributed by atoms with Crippen LogP contribution < -0.4 is 29.2 Å². The highest BCUT2D eigenvalue weighted by Gasteiger charge is 2.35. The van der Waals surface area contributed by atoms with E-state index in [1.807, 2.05) is 24.3 Å². The van der Waals surface area contributed by atoms with Crippen LogP contribution in [0, 0.1) is 0 Å². The van der Waals surface area contributed by atoms with E-state index in [-0.39, 0.29) is 40.9 Å². The number of piperidine rings is 1. The number of likely N-dealkylation sites (tertiary alicyclic amines) is 1. The number of carbonyl (C=O) groups excluding carboxylic acids is 1. The molecule has 1 fully saturated rings. The fraction of sp³-hybridized carbons (Fsp3) is 0.433. The zero-order valence-corrected chi connectivity index (χ0v) is 28.5. The van der Waals surface area contributed by atoms with Crippen molar-refractivity contribution < 1.29 is 38.5 Å². The first-order valence-corrected chi connectivity index (χ1v) is 18.6. The summed E-state index contributed by atoms with van der Waals surface area (Å²) in [6.45, 7) is 3.44. The molecule has 2 heterocycles. The van der Waals surface area contributed by atoms with E-state index in [2.05, 4.69) is 15.3 Å². The van der Waals surface area contributed by atoms with Gasteiger partial charge in [0.05, 0.1) is 42.0 Å². The zero-order chi connectivity index (χ0) is 32.1. The molecule has 1 aliphatic rings. The van der Waals surface area contributed by atoms with E-state index in [9.17, 15) is 21.6 Å². The van der Waals surface area contributed by atoms with Crippen molar-refractivity contribution in [3.05, 3.63) is 70.5 Å². The number of nitrogens with one attached hydrogen (secondary N) is 1. The van der Waals surface area contributed by atoms with Gasteiger partial charge in [-0.05, 0) is 61.1 Å². The van der Waals surface area contributed by atoms with Crippen molar-refractivity contribution in [3.63, 3.8) is 0 Å². The number of carbonyl (C=O) groups is 1. The molecule has 0 radical (unpaired) electrons. The van der Waals surface area contributed by atoms with Crippen LogP contribution in [0.1, 0.15) is 47.3 Å². The number of nitrogen functional groups attached to an aromatic ring is 2. The zero-order valence-electron chi connectivity index (χ0n) is 25.4. The van der Waals surface area contributed by atoms with Gasteiger partial charge in [0.25, 0.3) is 5.91 Å². The highest BCUT2D eigenvalue weighted by atomic mass is 35.5. The Balaban J connectivity index is 0.00000552. The molecule has 11 nitrogen and oxygen atoms in total. The van der Waals surface area contributed by atoms with Crippen LogP contribution in [0.3, 0.4) is 0 Å². The maximum Gasteiger partial charge on any atom is 0.274 e. The quantitative estimate of drug-likeness (QED) is 0.221. The van der Waals surface area contributed by atoms with E-state index < -0.39 is 25.6 Å². The number of hydrogen-bond donors (Lipinski definition) is 3.